The van der Waals surface area contributed by atoms with Crippen molar-refractivity contribution in [1.29, 1.82) is 0 Å². The summed E-state index contributed by atoms with van der Waals surface area (Å²) < 4.78 is 0. The predicted octanol–water partition coefficient (Wildman–Crippen LogP) is 6.66. The summed E-state index contributed by atoms with van der Waals surface area (Å²) in [5.41, 5.74) is 1.55. The van der Waals surface area contributed by atoms with Crippen molar-refractivity contribution in [3.05, 3.63) is 96.1 Å². The summed E-state index contributed by atoms with van der Waals surface area (Å²) in [5, 5.41) is 14.5. The Hall–Kier alpha value is -2.89. The zero-order chi connectivity index (χ0) is 22.2. The average Bonchev–Trinajstić information content (AvgIpc) is 3.36. The van der Waals surface area contributed by atoms with Crippen molar-refractivity contribution < 1.29 is 14.7 Å². The van der Waals surface area contributed by atoms with Crippen LogP contribution in [0.2, 0.25) is 0 Å². The Kier molecular flexibility index (Phi) is 7.75. The van der Waals surface area contributed by atoms with Gasteiger partial charge in [0, 0.05) is 20.9 Å². The third-order valence-corrected chi connectivity index (χ3v) is 6.68. The van der Waals surface area contributed by atoms with E-state index in [0.717, 1.165) is 22.6 Å². The number of benzene rings is 3. The minimum Gasteiger partial charge on any atom is -0.358 e. The first-order valence-electron chi connectivity index (χ1n) is 11.0. The van der Waals surface area contributed by atoms with Crippen molar-refractivity contribution in [2.75, 3.05) is 0 Å². The molecular weight excluding hydrogens is 418 g/mol. The van der Waals surface area contributed by atoms with E-state index in [1.807, 2.05) is 60.7 Å². The number of hydrogen-bond acceptors (Lipinski definition) is 5. The summed E-state index contributed by atoms with van der Waals surface area (Å²) >= 11 is 1.66. The molecule has 4 nitrogen and oxygen atoms in total. The molecule has 0 aliphatic heterocycles. The molecule has 1 N–H and O–H groups in total. The standard InChI is InChI=1S/C27H27NO3S/c29-26(21-15-17-24(18-16-21)32-23-13-5-2-6-14-23)25(19-20-9-7-8-10-20)28-31-27(30)22-11-3-1-4-12-22/h1-6,11-18,20,27,30H,7-10,19H2/b28-25-. The molecule has 1 fully saturated rings. The summed E-state index contributed by atoms with van der Waals surface area (Å²) in [7, 11) is 0. The van der Waals surface area contributed by atoms with E-state index in [-0.39, 0.29) is 5.78 Å². The Morgan fingerprint density at radius 3 is 2.16 bits per heavy atom. The molecule has 3 aromatic carbocycles. The molecule has 1 atom stereocenters. The maximum atomic E-state index is 13.3. The normalized spacial score (nSPS) is 15.5. The van der Waals surface area contributed by atoms with Gasteiger partial charge in [-0.05, 0) is 48.7 Å². The van der Waals surface area contributed by atoms with Gasteiger partial charge in [-0.25, -0.2) is 0 Å². The minimum atomic E-state index is -1.20. The van der Waals surface area contributed by atoms with Gasteiger partial charge in [0.25, 0.3) is 6.29 Å². The number of carbonyl (C=O) groups excluding carboxylic acids is 1. The van der Waals surface area contributed by atoms with Gasteiger partial charge < -0.3 is 9.94 Å². The molecule has 3 aromatic rings. The van der Waals surface area contributed by atoms with Crippen LogP contribution in [0.1, 0.15) is 54.3 Å². The molecule has 1 aliphatic rings. The number of rotatable bonds is 9. The van der Waals surface area contributed by atoms with Crippen LogP contribution in [0.25, 0.3) is 0 Å². The second-order valence-corrected chi connectivity index (χ2v) is 9.18. The molecule has 4 rings (SSSR count). The van der Waals surface area contributed by atoms with Crippen LogP contribution in [-0.4, -0.2) is 16.6 Å². The van der Waals surface area contributed by atoms with Crippen molar-refractivity contribution in [3.63, 3.8) is 0 Å². The van der Waals surface area contributed by atoms with E-state index in [2.05, 4.69) is 17.3 Å². The predicted molar refractivity (Wildman–Crippen MR) is 128 cm³/mol. The van der Waals surface area contributed by atoms with Crippen molar-refractivity contribution >= 4 is 23.3 Å². The molecule has 0 spiro atoms. The molecule has 0 amide bonds. The Balaban J connectivity index is 1.48. The van der Waals surface area contributed by atoms with Gasteiger partial charge in [0.1, 0.15) is 5.71 Å². The van der Waals surface area contributed by atoms with Gasteiger partial charge in [-0.1, -0.05) is 91.1 Å². The third kappa shape index (κ3) is 6.09. The van der Waals surface area contributed by atoms with Crippen LogP contribution < -0.4 is 0 Å². The Morgan fingerprint density at radius 2 is 1.50 bits per heavy atom. The van der Waals surface area contributed by atoms with E-state index in [4.69, 9.17) is 4.84 Å². The van der Waals surface area contributed by atoms with E-state index in [1.54, 1.807) is 23.9 Å². The van der Waals surface area contributed by atoms with E-state index in [9.17, 15) is 9.90 Å². The molecule has 1 unspecified atom stereocenters. The van der Waals surface area contributed by atoms with E-state index in [0.29, 0.717) is 29.2 Å². The Morgan fingerprint density at radius 1 is 0.906 bits per heavy atom. The summed E-state index contributed by atoms with van der Waals surface area (Å²) in [5.74, 6) is 0.288. The fraction of sp³-hybridized carbons (Fsp3) is 0.259. The van der Waals surface area contributed by atoms with Crippen LogP contribution in [0, 0.1) is 5.92 Å². The van der Waals surface area contributed by atoms with Crippen molar-refractivity contribution in [2.45, 2.75) is 48.2 Å². The number of hydrogen-bond donors (Lipinski definition) is 1. The number of Topliss-reactive ketones (excluding diaryl/α,β-unsaturated/α-hetero) is 1. The number of carbonyl (C=O) groups is 1. The van der Waals surface area contributed by atoms with Crippen LogP contribution in [0.5, 0.6) is 0 Å². The smallest absolute Gasteiger partial charge is 0.250 e. The lowest BCUT2D eigenvalue weighted by Crippen LogP contribution is -2.19. The quantitative estimate of drug-likeness (QED) is 0.173. The molecule has 0 heterocycles. The molecule has 164 valence electrons. The lowest BCUT2D eigenvalue weighted by Gasteiger charge is -2.13. The van der Waals surface area contributed by atoms with Crippen molar-refractivity contribution in [1.82, 2.24) is 0 Å². The maximum Gasteiger partial charge on any atom is 0.250 e. The zero-order valence-corrected chi connectivity index (χ0v) is 18.7. The van der Waals surface area contributed by atoms with Crippen LogP contribution in [0.15, 0.2) is 99.9 Å². The Labute approximate surface area is 193 Å². The fourth-order valence-corrected chi connectivity index (χ4v) is 4.75. The number of nitrogens with zero attached hydrogens (tertiary/aromatic N) is 1. The summed E-state index contributed by atoms with van der Waals surface area (Å²) in [4.78, 5) is 20.8. The SMILES string of the molecule is O=C(/C(CC1CCCC1)=N\OC(O)c1ccccc1)c1ccc(Sc2ccccc2)cc1. The minimum absolute atomic E-state index is 0.145. The molecule has 0 bridgehead atoms. The topological polar surface area (TPSA) is 58.9 Å². The van der Waals surface area contributed by atoms with Crippen LogP contribution in [-0.2, 0) is 4.84 Å². The summed E-state index contributed by atoms with van der Waals surface area (Å²) in [6.45, 7) is 0. The zero-order valence-electron chi connectivity index (χ0n) is 17.9. The number of ketones is 1. The van der Waals surface area contributed by atoms with Gasteiger partial charge in [0.2, 0.25) is 5.78 Å². The van der Waals surface area contributed by atoms with Crippen LogP contribution >= 0.6 is 11.8 Å². The van der Waals surface area contributed by atoms with Crippen LogP contribution in [0.4, 0.5) is 0 Å². The van der Waals surface area contributed by atoms with Gasteiger partial charge in [-0.3, -0.25) is 4.79 Å². The second-order valence-electron chi connectivity index (χ2n) is 8.03. The number of oxime groups is 1. The number of aliphatic hydroxyl groups excluding tert-OH is 1. The fourth-order valence-electron chi connectivity index (χ4n) is 3.92. The first-order chi connectivity index (χ1) is 15.7. The first kappa shape index (κ1) is 22.3. The largest absolute Gasteiger partial charge is 0.358 e. The highest BCUT2D eigenvalue weighted by Crippen LogP contribution is 2.30. The average molecular weight is 446 g/mol. The lowest BCUT2D eigenvalue weighted by molar-refractivity contribution is -0.102. The molecule has 1 saturated carbocycles. The maximum absolute atomic E-state index is 13.3. The summed E-state index contributed by atoms with van der Waals surface area (Å²) in [6, 6.07) is 26.8. The van der Waals surface area contributed by atoms with Gasteiger partial charge in [0.15, 0.2) is 0 Å². The van der Waals surface area contributed by atoms with Gasteiger partial charge in [0.05, 0.1) is 0 Å². The Bertz CT molecular complexity index is 1030. The van der Waals surface area contributed by atoms with Gasteiger partial charge in [-0.2, -0.15) is 0 Å². The van der Waals surface area contributed by atoms with Gasteiger partial charge >= 0.3 is 0 Å². The third-order valence-electron chi connectivity index (χ3n) is 5.66. The van der Waals surface area contributed by atoms with E-state index >= 15 is 0 Å². The van der Waals surface area contributed by atoms with Crippen LogP contribution in [0.3, 0.4) is 0 Å². The summed E-state index contributed by atoms with van der Waals surface area (Å²) in [6.07, 6.45) is 3.93. The van der Waals surface area contributed by atoms with E-state index in [1.165, 1.54) is 12.8 Å². The second kappa shape index (κ2) is 11.1. The molecule has 5 heteroatoms. The van der Waals surface area contributed by atoms with Crippen molar-refractivity contribution in [3.8, 4) is 0 Å². The van der Waals surface area contributed by atoms with Gasteiger partial charge in [-0.15, -0.1) is 0 Å². The van der Waals surface area contributed by atoms with Crippen molar-refractivity contribution in [2.24, 2.45) is 11.1 Å². The van der Waals surface area contributed by atoms with E-state index < -0.39 is 6.29 Å². The highest BCUT2D eigenvalue weighted by molar-refractivity contribution is 7.99. The lowest BCUT2D eigenvalue weighted by atomic mass is 9.96. The highest BCUT2D eigenvalue weighted by atomic mass is 32.2. The molecule has 0 radical (unpaired) electrons. The highest BCUT2D eigenvalue weighted by Gasteiger charge is 2.23. The monoisotopic (exact) mass is 445 g/mol. The molecule has 0 aromatic heterocycles. The molecule has 0 saturated heterocycles. The first-order valence-corrected chi connectivity index (χ1v) is 11.8. The molecule has 1 aliphatic carbocycles. The molecule has 32 heavy (non-hydrogen) atoms. The number of aliphatic hydroxyl groups is 1. The molecular formula is C27H27NO3S.